The number of amides is 4. The third-order valence-electron chi connectivity index (χ3n) is 6.87. The normalized spacial score (nSPS) is 23.6. The SMILES string of the molecule is O=C1CC[C@@H](C(=O)N[C@@H](C[C@@H]2C=NC=N2)C(=O)NC(=O)[C@@H]2CCCN2c2ccc3ccccc3c2)N1. The van der Waals surface area contributed by atoms with E-state index in [9.17, 15) is 19.2 Å². The molecule has 36 heavy (non-hydrogen) atoms. The number of aliphatic imine (C=N–C) groups is 2. The molecule has 0 aromatic heterocycles. The predicted octanol–water partition coefficient (Wildman–Crippen LogP) is 1.09. The van der Waals surface area contributed by atoms with Gasteiger partial charge in [0.25, 0.3) is 0 Å². The van der Waals surface area contributed by atoms with Crippen molar-refractivity contribution in [3.63, 3.8) is 0 Å². The number of nitrogens with one attached hydrogen (secondary N) is 3. The van der Waals surface area contributed by atoms with Crippen LogP contribution >= 0.6 is 0 Å². The molecule has 2 aromatic carbocycles. The van der Waals surface area contributed by atoms with E-state index in [0.29, 0.717) is 19.4 Å². The molecule has 0 radical (unpaired) electrons. The molecular formula is C26H28N6O4. The summed E-state index contributed by atoms with van der Waals surface area (Å²) >= 11 is 0. The molecule has 0 unspecified atom stereocenters. The lowest BCUT2D eigenvalue weighted by atomic mass is 10.1. The summed E-state index contributed by atoms with van der Waals surface area (Å²) in [7, 11) is 0. The Morgan fingerprint density at radius 1 is 1.08 bits per heavy atom. The fraction of sp³-hybridized carbons (Fsp3) is 0.385. The zero-order valence-corrected chi connectivity index (χ0v) is 19.7. The fourth-order valence-corrected chi connectivity index (χ4v) is 4.97. The summed E-state index contributed by atoms with van der Waals surface area (Å²) in [5, 5.41) is 10.0. The minimum Gasteiger partial charge on any atom is -0.359 e. The van der Waals surface area contributed by atoms with E-state index in [4.69, 9.17) is 0 Å². The average Bonchev–Trinajstić information content (AvgIpc) is 3.65. The van der Waals surface area contributed by atoms with E-state index in [1.807, 2.05) is 41.3 Å². The molecule has 5 rings (SSSR count). The molecule has 4 amide bonds. The monoisotopic (exact) mass is 488 g/mol. The second kappa shape index (κ2) is 10.3. The number of hydrogen-bond donors (Lipinski definition) is 3. The Morgan fingerprint density at radius 2 is 1.92 bits per heavy atom. The standard InChI is InChI=1S/C26H28N6O4/c33-23-10-9-20(29-23)24(34)30-21(13-18-14-27-15-28-18)25(35)31-26(36)22-6-3-11-32(22)19-8-7-16-4-1-2-5-17(16)12-19/h1-2,4-5,7-8,12,14-15,18,20-22H,3,6,9-11,13H2,(H,29,33)(H,30,34)(H,31,35,36)/t18-,20+,21+,22+/m1/s1. The maximum atomic E-state index is 13.2. The van der Waals surface area contributed by atoms with Gasteiger partial charge in [0.05, 0.1) is 6.04 Å². The summed E-state index contributed by atoms with van der Waals surface area (Å²) < 4.78 is 0. The molecule has 0 saturated carbocycles. The first kappa shape index (κ1) is 23.7. The Morgan fingerprint density at radius 3 is 2.67 bits per heavy atom. The number of imide groups is 1. The Hall–Kier alpha value is -4.08. The highest BCUT2D eigenvalue weighted by atomic mass is 16.2. The maximum absolute atomic E-state index is 13.2. The van der Waals surface area contributed by atoms with Crippen molar-refractivity contribution in [2.24, 2.45) is 9.98 Å². The lowest BCUT2D eigenvalue weighted by Gasteiger charge is -2.27. The van der Waals surface area contributed by atoms with Crippen molar-refractivity contribution < 1.29 is 19.2 Å². The Balaban J connectivity index is 1.28. The molecule has 4 atom stereocenters. The van der Waals surface area contributed by atoms with Gasteiger partial charge in [0.2, 0.25) is 23.6 Å². The first-order valence-corrected chi connectivity index (χ1v) is 12.2. The smallest absolute Gasteiger partial charge is 0.249 e. The van der Waals surface area contributed by atoms with Gasteiger partial charge in [-0.05, 0) is 42.2 Å². The molecular weight excluding hydrogens is 460 g/mol. The van der Waals surface area contributed by atoms with Crippen molar-refractivity contribution in [3.05, 3.63) is 42.5 Å². The Bertz CT molecular complexity index is 1250. The minimum atomic E-state index is -0.999. The van der Waals surface area contributed by atoms with Gasteiger partial charge in [-0.3, -0.25) is 29.5 Å². The summed E-state index contributed by atoms with van der Waals surface area (Å²) in [4.78, 5) is 60.7. The van der Waals surface area contributed by atoms with Crippen LogP contribution in [0.25, 0.3) is 10.8 Å². The quantitative estimate of drug-likeness (QED) is 0.537. The lowest BCUT2D eigenvalue weighted by molar-refractivity contribution is -0.135. The summed E-state index contributed by atoms with van der Waals surface area (Å²) in [5.41, 5.74) is 0.928. The zero-order valence-electron chi connectivity index (χ0n) is 19.7. The number of carbonyl (C=O) groups is 4. The average molecular weight is 489 g/mol. The van der Waals surface area contributed by atoms with Gasteiger partial charge < -0.3 is 15.5 Å². The second-order valence-electron chi connectivity index (χ2n) is 9.32. The van der Waals surface area contributed by atoms with Crippen LogP contribution in [0.5, 0.6) is 0 Å². The van der Waals surface area contributed by atoms with Gasteiger partial charge in [0, 0.05) is 31.3 Å². The highest BCUT2D eigenvalue weighted by Gasteiger charge is 2.35. The lowest BCUT2D eigenvalue weighted by Crippen LogP contribution is -2.55. The molecule has 10 heteroatoms. The number of benzene rings is 2. The third-order valence-corrected chi connectivity index (χ3v) is 6.87. The largest absolute Gasteiger partial charge is 0.359 e. The zero-order chi connectivity index (χ0) is 25.1. The van der Waals surface area contributed by atoms with Crippen LogP contribution in [0, 0.1) is 0 Å². The van der Waals surface area contributed by atoms with E-state index in [0.717, 1.165) is 22.9 Å². The number of fused-ring (bicyclic) bond motifs is 1. The van der Waals surface area contributed by atoms with E-state index in [-0.39, 0.29) is 24.8 Å². The van der Waals surface area contributed by atoms with Gasteiger partial charge in [0.1, 0.15) is 24.5 Å². The van der Waals surface area contributed by atoms with Gasteiger partial charge in [-0.15, -0.1) is 0 Å². The summed E-state index contributed by atoms with van der Waals surface area (Å²) in [6.07, 6.45) is 5.21. The van der Waals surface area contributed by atoms with Crippen molar-refractivity contribution in [3.8, 4) is 0 Å². The molecule has 2 saturated heterocycles. The van der Waals surface area contributed by atoms with Crippen LogP contribution < -0.4 is 20.9 Å². The highest BCUT2D eigenvalue weighted by molar-refractivity contribution is 6.03. The van der Waals surface area contributed by atoms with E-state index >= 15 is 0 Å². The molecule has 0 bridgehead atoms. The van der Waals surface area contributed by atoms with Crippen molar-refractivity contribution in [2.75, 3.05) is 11.4 Å². The third kappa shape index (κ3) is 5.12. The molecule has 186 valence electrons. The number of carbonyl (C=O) groups excluding carboxylic acids is 4. The second-order valence-corrected chi connectivity index (χ2v) is 9.32. The summed E-state index contributed by atoms with van der Waals surface area (Å²) in [5.74, 6) is -1.65. The van der Waals surface area contributed by atoms with E-state index in [2.05, 4.69) is 32.0 Å². The molecule has 3 aliphatic rings. The molecule has 0 spiro atoms. The number of anilines is 1. The number of hydrogen-bond acceptors (Lipinski definition) is 7. The van der Waals surface area contributed by atoms with Gasteiger partial charge in [-0.2, -0.15) is 0 Å². The van der Waals surface area contributed by atoms with Gasteiger partial charge in [-0.25, -0.2) is 4.99 Å². The van der Waals surface area contributed by atoms with Crippen LogP contribution in [0.2, 0.25) is 0 Å². The molecule has 0 aliphatic carbocycles. The molecule has 3 heterocycles. The predicted molar refractivity (Wildman–Crippen MR) is 136 cm³/mol. The Kier molecular flexibility index (Phi) is 6.75. The van der Waals surface area contributed by atoms with Crippen LogP contribution in [0.3, 0.4) is 0 Å². The fourth-order valence-electron chi connectivity index (χ4n) is 4.97. The van der Waals surface area contributed by atoms with Crippen LogP contribution in [-0.2, 0) is 19.2 Å². The molecule has 3 N–H and O–H groups in total. The number of rotatable bonds is 7. The van der Waals surface area contributed by atoms with Crippen LogP contribution in [-0.4, -0.2) is 66.9 Å². The van der Waals surface area contributed by atoms with E-state index < -0.39 is 35.8 Å². The highest BCUT2D eigenvalue weighted by Crippen LogP contribution is 2.29. The minimum absolute atomic E-state index is 0.157. The number of nitrogens with zero attached hydrogens (tertiary/aromatic N) is 3. The topological polar surface area (TPSA) is 132 Å². The molecule has 3 aliphatic heterocycles. The van der Waals surface area contributed by atoms with Gasteiger partial charge >= 0.3 is 0 Å². The molecule has 10 nitrogen and oxygen atoms in total. The summed E-state index contributed by atoms with van der Waals surface area (Å²) in [6, 6.07) is 11.5. The van der Waals surface area contributed by atoms with Crippen LogP contribution in [0.15, 0.2) is 52.4 Å². The Labute approximate surface area is 208 Å². The van der Waals surface area contributed by atoms with E-state index in [1.54, 1.807) is 6.21 Å². The van der Waals surface area contributed by atoms with Crippen molar-refractivity contribution in [1.29, 1.82) is 0 Å². The van der Waals surface area contributed by atoms with Crippen LogP contribution in [0.1, 0.15) is 32.1 Å². The molecule has 2 fully saturated rings. The van der Waals surface area contributed by atoms with Gasteiger partial charge in [-0.1, -0.05) is 30.3 Å². The summed E-state index contributed by atoms with van der Waals surface area (Å²) in [6.45, 7) is 0.708. The first-order valence-electron chi connectivity index (χ1n) is 12.2. The van der Waals surface area contributed by atoms with Crippen molar-refractivity contribution >= 4 is 52.6 Å². The van der Waals surface area contributed by atoms with Gasteiger partial charge in [0.15, 0.2) is 0 Å². The maximum Gasteiger partial charge on any atom is 0.249 e. The van der Waals surface area contributed by atoms with Crippen molar-refractivity contribution in [2.45, 2.75) is 56.3 Å². The van der Waals surface area contributed by atoms with Crippen LogP contribution in [0.4, 0.5) is 5.69 Å². The van der Waals surface area contributed by atoms with E-state index in [1.165, 1.54) is 6.34 Å². The molecule has 2 aromatic rings. The van der Waals surface area contributed by atoms with Crippen molar-refractivity contribution in [1.82, 2.24) is 16.0 Å². The first-order chi connectivity index (χ1) is 17.5.